The van der Waals surface area contributed by atoms with Crippen molar-refractivity contribution in [3.05, 3.63) is 17.8 Å². The molecule has 3 heterocycles. The zero-order valence-corrected chi connectivity index (χ0v) is 12.4. The third kappa shape index (κ3) is 2.03. The summed E-state index contributed by atoms with van der Waals surface area (Å²) in [4.78, 5) is 4.27. The second-order valence-corrected chi connectivity index (χ2v) is 6.58. The van der Waals surface area contributed by atoms with E-state index in [1.54, 1.807) is 6.20 Å². The van der Waals surface area contributed by atoms with E-state index >= 15 is 0 Å². The molecule has 0 atom stereocenters. The molecule has 1 aromatic rings. The van der Waals surface area contributed by atoms with Gasteiger partial charge in [-0.3, -0.25) is 4.98 Å². The van der Waals surface area contributed by atoms with Crippen LogP contribution in [0, 0.1) is 0 Å². The summed E-state index contributed by atoms with van der Waals surface area (Å²) in [5.74, 6) is 0.552. The Morgan fingerprint density at radius 2 is 1.85 bits per heavy atom. The minimum absolute atomic E-state index is 0.206. The largest absolute Gasteiger partial charge is 0.518 e. The van der Waals surface area contributed by atoms with Crippen molar-refractivity contribution in [3.8, 4) is 5.75 Å². The van der Waals surface area contributed by atoms with Gasteiger partial charge in [-0.2, -0.15) is 0 Å². The highest BCUT2D eigenvalue weighted by Crippen LogP contribution is 2.37. The molecule has 6 heteroatoms. The van der Waals surface area contributed by atoms with E-state index in [1.807, 2.05) is 33.8 Å². The molecule has 3 rings (SSSR count). The van der Waals surface area contributed by atoms with Gasteiger partial charge in [-0.25, -0.2) is 0 Å². The van der Waals surface area contributed by atoms with E-state index < -0.39 is 18.3 Å². The van der Waals surface area contributed by atoms with Crippen LogP contribution in [-0.4, -0.2) is 41.5 Å². The van der Waals surface area contributed by atoms with E-state index in [1.165, 1.54) is 0 Å². The van der Waals surface area contributed by atoms with Gasteiger partial charge in [0.2, 0.25) is 0 Å². The highest BCUT2D eigenvalue weighted by atomic mass is 16.7. The van der Waals surface area contributed by atoms with Crippen molar-refractivity contribution < 1.29 is 14.4 Å². The summed E-state index contributed by atoms with van der Waals surface area (Å²) in [6, 6.07) is 1.87. The van der Waals surface area contributed by atoms with Crippen LogP contribution in [0.3, 0.4) is 0 Å². The highest BCUT2D eigenvalue weighted by molar-refractivity contribution is 6.62. The topological polar surface area (TPSA) is 63.6 Å². The predicted octanol–water partition coefficient (Wildman–Crippen LogP) is 0.773. The van der Waals surface area contributed by atoms with Crippen LogP contribution in [0.2, 0.25) is 0 Å². The van der Waals surface area contributed by atoms with Crippen LogP contribution >= 0.6 is 0 Å². The van der Waals surface area contributed by atoms with Gasteiger partial charge >= 0.3 is 7.12 Å². The summed E-state index contributed by atoms with van der Waals surface area (Å²) in [5, 5.41) is 13.7. The Bertz CT molecular complexity index is 513. The van der Waals surface area contributed by atoms with Crippen molar-refractivity contribution in [3.63, 3.8) is 0 Å². The number of hydrogen-bond donors (Lipinski definition) is 2. The number of nitrogens with one attached hydrogen (secondary N) is 1. The third-order valence-electron chi connectivity index (χ3n) is 4.68. The molecule has 0 aliphatic carbocycles. The quantitative estimate of drug-likeness (QED) is 0.781. The van der Waals surface area contributed by atoms with Crippen LogP contribution in [0.15, 0.2) is 12.3 Å². The Labute approximate surface area is 119 Å². The number of aromatic nitrogens is 1. The molecule has 5 nitrogen and oxygen atoms in total. The summed E-state index contributed by atoms with van der Waals surface area (Å²) >= 11 is 0. The first-order valence-electron chi connectivity index (χ1n) is 7.06. The second-order valence-electron chi connectivity index (χ2n) is 6.58. The second kappa shape index (κ2) is 4.45. The van der Waals surface area contributed by atoms with Gasteiger partial charge in [-0.1, -0.05) is 0 Å². The molecule has 2 N–H and O–H groups in total. The zero-order valence-electron chi connectivity index (χ0n) is 12.4. The first kappa shape index (κ1) is 13.9. The lowest BCUT2D eigenvalue weighted by Crippen LogP contribution is -2.42. The van der Waals surface area contributed by atoms with E-state index in [-0.39, 0.29) is 5.75 Å². The molecule has 0 aromatic carbocycles. The first-order chi connectivity index (χ1) is 9.32. The van der Waals surface area contributed by atoms with E-state index in [4.69, 9.17) is 9.31 Å². The van der Waals surface area contributed by atoms with Crippen LogP contribution in [0.5, 0.6) is 5.75 Å². The molecule has 2 saturated heterocycles. The molecule has 0 spiro atoms. The predicted molar refractivity (Wildman–Crippen MR) is 77.2 cm³/mol. The highest BCUT2D eigenvalue weighted by Gasteiger charge is 2.53. The van der Waals surface area contributed by atoms with Crippen LogP contribution in [0.4, 0.5) is 0 Å². The van der Waals surface area contributed by atoms with Crippen LogP contribution in [0.1, 0.15) is 39.2 Å². The fourth-order valence-corrected chi connectivity index (χ4v) is 2.45. The van der Waals surface area contributed by atoms with E-state index in [0.29, 0.717) is 11.5 Å². The maximum Gasteiger partial charge on any atom is 0.518 e. The first-order valence-corrected chi connectivity index (χ1v) is 7.06. The molecule has 0 radical (unpaired) electrons. The molecular weight excluding hydrogens is 255 g/mol. The average Bonchev–Trinajstić information content (AvgIpc) is 2.48. The van der Waals surface area contributed by atoms with Crippen molar-refractivity contribution in [1.82, 2.24) is 10.3 Å². The summed E-state index contributed by atoms with van der Waals surface area (Å²) in [6.07, 6.45) is 1.72. The van der Waals surface area contributed by atoms with Gasteiger partial charge in [-0.05, 0) is 33.8 Å². The van der Waals surface area contributed by atoms with Gasteiger partial charge in [0.15, 0.2) is 0 Å². The average molecular weight is 276 g/mol. The lowest BCUT2D eigenvalue weighted by Gasteiger charge is -2.32. The third-order valence-corrected chi connectivity index (χ3v) is 4.68. The van der Waals surface area contributed by atoms with Crippen molar-refractivity contribution in [2.75, 3.05) is 13.1 Å². The van der Waals surface area contributed by atoms with Crippen molar-refractivity contribution >= 4 is 12.7 Å². The van der Waals surface area contributed by atoms with Gasteiger partial charge in [-0.15, -0.1) is 0 Å². The number of rotatable bonds is 2. The van der Waals surface area contributed by atoms with Crippen molar-refractivity contribution in [2.45, 2.75) is 44.8 Å². The van der Waals surface area contributed by atoms with Crippen LogP contribution < -0.4 is 10.9 Å². The molecule has 0 saturated carbocycles. The van der Waals surface area contributed by atoms with E-state index in [9.17, 15) is 5.11 Å². The van der Waals surface area contributed by atoms with E-state index in [0.717, 1.165) is 18.7 Å². The summed E-state index contributed by atoms with van der Waals surface area (Å²) in [6.45, 7) is 9.74. The van der Waals surface area contributed by atoms with Crippen molar-refractivity contribution in [1.29, 1.82) is 0 Å². The van der Waals surface area contributed by atoms with Gasteiger partial charge in [0.05, 0.1) is 11.2 Å². The number of hydrogen-bond acceptors (Lipinski definition) is 5. The van der Waals surface area contributed by atoms with Crippen LogP contribution in [-0.2, 0) is 9.31 Å². The summed E-state index contributed by atoms with van der Waals surface area (Å²) in [5.41, 5.74) is 0.538. The van der Waals surface area contributed by atoms with Gasteiger partial charge in [0, 0.05) is 30.8 Å². The molecule has 108 valence electrons. The molecular formula is C14H21BN2O3. The maximum atomic E-state index is 10.5. The Balaban J connectivity index is 1.92. The zero-order chi connectivity index (χ0) is 14.5. The van der Waals surface area contributed by atoms with E-state index in [2.05, 4.69) is 10.3 Å². The Hall–Kier alpha value is -1.11. The van der Waals surface area contributed by atoms with Gasteiger partial charge < -0.3 is 19.7 Å². The molecule has 0 bridgehead atoms. The molecule has 2 aliphatic heterocycles. The lowest BCUT2D eigenvalue weighted by molar-refractivity contribution is 0.00578. The lowest BCUT2D eigenvalue weighted by atomic mass is 9.80. The Morgan fingerprint density at radius 3 is 2.35 bits per heavy atom. The summed E-state index contributed by atoms with van der Waals surface area (Å²) in [7, 11) is -0.618. The SMILES string of the molecule is CC1(C)OB(c2nccc(C3CNC3)c2O)OC1(C)C. The monoisotopic (exact) mass is 276 g/mol. The maximum absolute atomic E-state index is 10.5. The number of pyridine rings is 1. The smallest absolute Gasteiger partial charge is 0.506 e. The van der Waals surface area contributed by atoms with Crippen LogP contribution in [0.25, 0.3) is 0 Å². The molecule has 2 aliphatic rings. The number of aromatic hydroxyl groups is 1. The summed E-state index contributed by atoms with van der Waals surface area (Å²) < 4.78 is 11.9. The fraction of sp³-hybridized carbons (Fsp3) is 0.643. The molecule has 0 unspecified atom stereocenters. The van der Waals surface area contributed by atoms with Crippen molar-refractivity contribution in [2.24, 2.45) is 0 Å². The Morgan fingerprint density at radius 1 is 1.25 bits per heavy atom. The molecule has 20 heavy (non-hydrogen) atoms. The molecule has 2 fully saturated rings. The minimum Gasteiger partial charge on any atom is -0.506 e. The normalized spacial score (nSPS) is 24.7. The fourth-order valence-electron chi connectivity index (χ4n) is 2.45. The van der Waals surface area contributed by atoms with Gasteiger partial charge in [0.1, 0.15) is 11.3 Å². The Kier molecular flexibility index (Phi) is 3.08. The molecule has 1 aromatic heterocycles. The number of nitrogens with zero attached hydrogens (tertiary/aromatic N) is 1. The standard InChI is InChI=1S/C14H21BN2O3/c1-13(2)14(3,4)20-15(19-13)12-11(18)10(5-6-17-12)9-7-16-8-9/h5-6,9,16,18H,7-8H2,1-4H3. The van der Waals surface area contributed by atoms with Gasteiger partial charge in [0.25, 0.3) is 0 Å². The molecule has 0 amide bonds. The minimum atomic E-state index is -0.618.